The predicted octanol–water partition coefficient (Wildman–Crippen LogP) is 0.872. The van der Waals surface area contributed by atoms with Gasteiger partial charge in [-0.1, -0.05) is 6.07 Å². The fraction of sp³-hybridized carbons (Fsp3) is 0.250. The number of nitrogens with one attached hydrogen (secondary N) is 2. The molecule has 0 aliphatic heterocycles. The van der Waals surface area contributed by atoms with Gasteiger partial charge in [-0.2, -0.15) is 0 Å². The lowest BCUT2D eigenvalue weighted by atomic mass is 10.4. The molecular weight excluding hydrogens is 266 g/mol. The van der Waals surface area contributed by atoms with Crippen LogP contribution in [0.3, 0.4) is 0 Å². The van der Waals surface area contributed by atoms with Crippen LogP contribution in [-0.4, -0.2) is 20.4 Å². The van der Waals surface area contributed by atoms with Crippen LogP contribution in [0.15, 0.2) is 46.0 Å². The Kier molecular flexibility index (Phi) is 4.31. The average molecular weight is 281 g/mol. The Morgan fingerprint density at radius 1 is 1.21 bits per heavy atom. The second-order valence-electron chi connectivity index (χ2n) is 3.90. The van der Waals surface area contributed by atoms with E-state index < -0.39 is 10.0 Å². The minimum absolute atomic E-state index is 0.0892. The van der Waals surface area contributed by atoms with Crippen molar-refractivity contribution in [1.29, 1.82) is 0 Å². The van der Waals surface area contributed by atoms with Crippen LogP contribution in [0, 0.1) is 0 Å². The van der Waals surface area contributed by atoms with E-state index >= 15 is 0 Å². The smallest absolute Gasteiger partial charge is 0.274 e. The summed E-state index contributed by atoms with van der Waals surface area (Å²) in [5.74, 6) is 0.570. The second-order valence-corrected chi connectivity index (χ2v) is 5.59. The van der Waals surface area contributed by atoms with Gasteiger partial charge in [-0.05, 0) is 31.3 Å². The third kappa shape index (κ3) is 3.63. The first-order chi connectivity index (χ1) is 9.12. The maximum Gasteiger partial charge on any atom is 0.274 e. The summed E-state index contributed by atoms with van der Waals surface area (Å²) in [6.45, 7) is 0.612. The van der Waals surface area contributed by atoms with Crippen molar-refractivity contribution in [1.82, 2.24) is 15.0 Å². The van der Waals surface area contributed by atoms with Gasteiger partial charge >= 0.3 is 0 Å². The Morgan fingerprint density at radius 3 is 2.74 bits per heavy atom. The van der Waals surface area contributed by atoms with E-state index in [4.69, 9.17) is 4.42 Å². The Bertz CT molecular complexity index is 623. The Balaban J connectivity index is 2.05. The van der Waals surface area contributed by atoms with Gasteiger partial charge in [0.1, 0.15) is 5.76 Å². The third-order valence-electron chi connectivity index (χ3n) is 2.42. The molecule has 0 saturated heterocycles. The van der Waals surface area contributed by atoms with Crippen molar-refractivity contribution in [2.45, 2.75) is 18.2 Å². The van der Waals surface area contributed by atoms with Crippen LogP contribution in [0.25, 0.3) is 0 Å². The minimum atomic E-state index is -3.64. The number of aromatic nitrogens is 1. The molecule has 2 heterocycles. The number of nitrogens with zero attached hydrogens (tertiary/aromatic N) is 1. The van der Waals surface area contributed by atoms with Crippen molar-refractivity contribution < 1.29 is 12.8 Å². The van der Waals surface area contributed by atoms with Crippen molar-refractivity contribution >= 4 is 10.0 Å². The molecule has 19 heavy (non-hydrogen) atoms. The molecule has 0 aromatic carbocycles. The largest absolute Gasteiger partial charge is 0.447 e. The minimum Gasteiger partial charge on any atom is -0.447 e. The zero-order valence-corrected chi connectivity index (χ0v) is 11.3. The van der Waals surface area contributed by atoms with Gasteiger partial charge in [-0.15, -0.1) is 0 Å². The summed E-state index contributed by atoms with van der Waals surface area (Å²) in [5, 5.41) is 2.80. The van der Waals surface area contributed by atoms with Gasteiger partial charge < -0.3 is 9.73 Å². The Labute approximate surface area is 111 Å². The normalized spacial score (nSPS) is 11.6. The molecule has 7 heteroatoms. The highest BCUT2D eigenvalue weighted by Gasteiger charge is 2.18. The molecule has 6 nitrogen and oxygen atoms in total. The second kappa shape index (κ2) is 5.96. The molecule has 0 aliphatic rings. The van der Waals surface area contributed by atoms with Gasteiger partial charge in [0.2, 0.25) is 5.09 Å². The fourth-order valence-electron chi connectivity index (χ4n) is 1.51. The van der Waals surface area contributed by atoms with Crippen LogP contribution < -0.4 is 10.0 Å². The standard InChI is InChI=1S/C12H15N3O3S/c1-13-9-11-5-6-12(18-11)19(16,17)15-8-10-4-2-3-7-14-10/h2-7,13,15H,8-9H2,1H3. The number of sulfonamides is 1. The lowest BCUT2D eigenvalue weighted by molar-refractivity contribution is 0.404. The first-order valence-corrected chi connectivity index (χ1v) is 7.23. The number of rotatable bonds is 6. The van der Waals surface area contributed by atoms with Gasteiger partial charge in [0.05, 0.1) is 18.8 Å². The third-order valence-corrected chi connectivity index (χ3v) is 3.70. The molecule has 2 aromatic rings. The van der Waals surface area contributed by atoms with Crippen LogP contribution in [0.2, 0.25) is 0 Å². The topological polar surface area (TPSA) is 84.2 Å². The van der Waals surface area contributed by atoms with Crippen LogP contribution >= 0.6 is 0 Å². The molecule has 2 N–H and O–H groups in total. The van der Waals surface area contributed by atoms with Crippen molar-refractivity contribution in [2.24, 2.45) is 0 Å². The molecule has 0 atom stereocenters. The Hall–Kier alpha value is -1.70. The van der Waals surface area contributed by atoms with E-state index in [1.165, 1.54) is 6.07 Å². The van der Waals surface area contributed by atoms with Crippen LogP contribution in [0.1, 0.15) is 11.5 Å². The van der Waals surface area contributed by atoms with E-state index in [1.807, 2.05) is 0 Å². The summed E-state index contributed by atoms with van der Waals surface area (Å²) in [6, 6.07) is 8.39. The maximum absolute atomic E-state index is 12.0. The van der Waals surface area contributed by atoms with Crippen molar-refractivity contribution in [3.05, 3.63) is 48.0 Å². The van der Waals surface area contributed by atoms with Crippen molar-refractivity contribution in [3.63, 3.8) is 0 Å². The molecule has 0 radical (unpaired) electrons. The van der Waals surface area contributed by atoms with E-state index in [9.17, 15) is 8.42 Å². The zero-order valence-electron chi connectivity index (χ0n) is 10.5. The number of hydrogen-bond donors (Lipinski definition) is 2. The summed E-state index contributed by atoms with van der Waals surface area (Å²) >= 11 is 0. The highest BCUT2D eigenvalue weighted by molar-refractivity contribution is 7.89. The molecule has 2 aromatic heterocycles. The van der Waals surface area contributed by atoms with Gasteiger partial charge in [-0.3, -0.25) is 4.98 Å². The monoisotopic (exact) mass is 281 g/mol. The lowest BCUT2D eigenvalue weighted by Gasteiger charge is -2.03. The molecule has 0 aliphatic carbocycles. The van der Waals surface area contributed by atoms with Crippen LogP contribution in [-0.2, 0) is 23.1 Å². The molecule has 0 amide bonds. The molecule has 0 bridgehead atoms. The summed E-state index contributed by atoms with van der Waals surface area (Å²) in [6.07, 6.45) is 1.61. The van der Waals surface area contributed by atoms with E-state index in [-0.39, 0.29) is 11.6 Å². The predicted molar refractivity (Wildman–Crippen MR) is 69.7 cm³/mol. The molecule has 0 saturated carbocycles. The number of furan rings is 1. The van der Waals surface area contributed by atoms with E-state index in [1.54, 1.807) is 37.5 Å². The molecule has 0 spiro atoms. The van der Waals surface area contributed by atoms with Crippen LogP contribution in [0.5, 0.6) is 0 Å². The van der Waals surface area contributed by atoms with Crippen molar-refractivity contribution in [2.75, 3.05) is 7.05 Å². The fourth-order valence-corrected chi connectivity index (χ4v) is 2.46. The van der Waals surface area contributed by atoms with Crippen molar-refractivity contribution in [3.8, 4) is 0 Å². The SMILES string of the molecule is CNCc1ccc(S(=O)(=O)NCc2ccccn2)o1. The average Bonchev–Trinajstić information content (AvgIpc) is 2.88. The molecule has 0 fully saturated rings. The molecule has 2 rings (SSSR count). The maximum atomic E-state index is 12.0. The number of hydrogen-bond acceptors (Lipinski definition) is 5. The number of pyridine rings is 1. The lowest BCUT2D eigenvalue weighted by Crippen LogP contribution is -2.23. The van der Waals surface area contributed by atoms with Gasteiger partial charge in [0.25, 0.3) is 10.0 Å². The van der Waals surface area contributed by atoms with Gasteiger partial charge in [0, 0.05) is 6.20 Å². The van der Waals surface area contributed by atoms with E-state index in [0.29, 0.717) is 18.0 Å². The zero-order chi connectivity index (χ0) is 13.7. The van der Waals surface area contributed by atoms with E-state index in [2.05, 4.69) is 15.0 Å². The van der Waals surface area contributed by atoms with E-state index in [0.717, 1.165) is 0 Å². The highest BCUT2D eigenvalue weighted by Crippen LogP contribution is 2.13. The summed E-state index contributed by atoms with van der Waals surface area (Å²) < 4.78 is 31.6. The van der Waals surface area contributed by atoms with Crippen LogP contribution in [0.4, 0.5) is 0 Å². The van der Waals surface area contributed by atoms with Gasteiger partial charge in [0.15, 0.2) is 0 Å². The first-order valence-electron chi connectivity index (χ1n) is 5.75. The first kappa shape index (κ1) is 13.7. The van der Waals surface area contributed by atoms with Gasteiger partial charge in [-0.25, -0.2) is 13.1 Å². The summed E-state index contributed by atoms with van der Waals surface area (Å²) in [4.78, 5) is 4.04. The highest BCUT2D eigenvalue weighted by atomic mass is 32.2. The summed E-state index contributed by atoms with van der Waals surface area (Å²) in [5.41, 5.74) is 0.646. The Morgan fingerprint density at radius 2 is 2.05 bits per heavy atom. The molecular formula is C12H15N3O3S. The molecule has 0 unspecified atom stereocenters. The summed E-state index contributed by atoms with van der Waals surface area (Å²) in [7, 11) is -1.88. The quantitative estimate of drug-likeness (QED) is 0.821. The molecule has 102 valence electrons.